The second-order valence-electron chi connectivity index (χ2n) is 6.53. The summed E-state index contributed by atoms with van der Waals surface area (Å²) in [5, 5.41) is 0.750. The number of carbonyl (C=O) groups is 2. The highest BCUT2D eigenvalue weighted by Gasteiger charge is 2.24. The van der Waals surface area contributed by atoms with Gasteiger partial charge in [-0.1, -0.05) is 25.1 Å². The van der Waals surface area contributed by atoms with E-state index in [1.165, 1.54) is 0 Å². The van der Waals surface area contributed by atoms with Crippen LogP contribution in [0.1, 0.15) is 35.5 Å². The van der Waals surface area contributed by atoms with E-state index in [2.05, 4.69) is 4.98 Å². The lowest BCUT2D eigenvalue weighted by Crippen LogP contribution is -2.46. The lowest BCUT2D eigenvalue weighted by atomic mass is 10.0. The first-order valence-electron chi connectivity index (χ1n) is 8.96. The molecule has 1 atom stereocenters. The summed E-state index contributed by atoms with van der Waals surface area (Å²) < 4.78 is 10.8. The van der Waals surface area contributed by atoms with Gasteiger partial charge in [-0.05, 0) is 31.9 Å². The summed E-state index contributed by atoms with van der Waals surface area (Å²) in [7, 11) is 0. The van der Waals surface area contributed by atoms with Crippen molar-refractivity contribution in [1.82, 2.24) is 9.88 Å². The molecule has 26 heavy (non-hydrogen) atoms. The number of aromatic nitrogens is 1. The van der Waals surface area contributed by atoms with Crippen LogP contribution in [0.2, 0.25) is 0 Å². The van der Waals surface area contributed by atoms with E-state index in [9.17, 15) is 9.59 Å². The maximum atomic E-state index is 12.8. The number of pyridine rings is 1. The van der Waals surface area contributed by atoms with Crippen molar-refractivity contribution in [3.05, 3.63) is 41.1 Å². The SMILES string of the molecule is CCc1nc2ccccc2c(C(=O)OCC(=O)N2CCOC(C)C2)c1C. The lowest BCUT2D eigenvalue weighted by molar-refractivity contribution is -0.141. The van der Waals surface area contributed by atoms with Gasteiger partial charge < -0.3 is 14.4 Å². The van der Waals surface area contributed by atoms with Gasteiger partial charge in [0.15, 0.2) is 6.61 Å². The molecular formula is C20H24N2O4. The molecule has 1 unspecified atom stereocenters. The molecule has 3 rings (SSSR count). The number of hydrogen-bond acceptors (Lipinski definition) is 5. The van der Waals surface area contributed by atoms with E-state index in [0.717, 1.165) is 28.6 Å². The van der Waals surface area contributed by atoms with Crippen LogP contribution in [0.5, 0.6) is 0 Å². The largest absolute Gasteiger partial charge is 0.452 e. The van der Waals surface area contributed by atoms with Gasteiger partial charge in [-0.25, -0.2) is 4.79 Å². The van der Waals surface area contributed by atoms with Crippen molar-refractivity contribution in [3.8, 4) is 0 Å². The number of esters is 1. The third-order valence-corrected chi connectivity index (χ3v) is 4.70. The smallest absolute Gasteiger partial charge is 0.339 e. The highest BCUT2D eigenvalue weighted by atomic mass is 16.5. The van der Waals surface area contributed by atoms with Crippen LogP contribution in [0.4, 0.5) is 0 Å². The quantitative estimate of drug-likeness (QED) is 0.788. The maximum absolute atomic E-state index is 12.8. The van der Waals surface area contributed by atoms with Gasteiger partial charge in [0.05, 0.1) is 23.8 Å². The van der Waals surface area contributed by atoms with E-state index in [4.69, 9.17) is 9.47 Å². The molecule has 2 aromatic rings. The van der Waals surface area contributed by atoms with E-state index in [0.29, 0.717) is 25.3 Å². The topological polar surface area (TPSA) is 68.7 Å². The Morgan fingerprint density at radius 3 is 2.85 bits per heavy atom. The van der Waals surface area contributed by atoms with Crippen LogP contribution >= 0.6 is 0 Å². The number of benzene rings is 1. The number of carbonyl (C=O) groups excluding carboxylic acids is 2. The minimum Gasteiger partial charge on any atom is -0.452 e. The number of rotatable bonds is 4. The molecule has 1 aromatic carbocycles. The number of morpholine rings is 1. The minimum absolute atomic E-state index is 0.00176. The minimum atomic E-state index is -0.481. The number of amides is 1. The molecule has 0 bridgehead atoms. The van der Waals surface area contributed by atoms with Gasteiger partial charge in [0, 0.05) is 24.2 Å². The molecule has 1 saturated heterocycles. The monoisotopic (exact) mass is 356 g/mol. The first-order valence-corrected chi connectivity index (χ1v) is 8.96. The molecule has 6 nitrogen and oxygen atoms in total. The molecule has 1 amide bonds. The zero-order valence-electron chi connectivity index (χ0n) is 15.4. The van der Waals surface area contributed by atoms with E-state index in [1.807, 2.05) is 45.0 Å². The molecule has 138 valence electrons. The average Bonchev–Trinajstić information content (AvgIpc) is 2.65. The van der Waals surface area contributed by atoms with E-state index in [1.54, 1.807) is 4.90 Å². The summed E-state index contributed by atoms with van der Waals surface area (Å²) in [5.74, 6) is -0.675. The van der Waals surface area contributed by atoms with Crippen molar-refractivity contribution in [3.63, 3.8) is 0 Å². The predicted octanol–water partition coefficient (Wildman–Crippen LogP) is 2.51. The molecule has 0 spiro atoms. The van der Waals surface area contributed by atoms with Crippen molar-refractivity contribution >= 4 is 22.8 Å². The Kier molecular flexibility index (Phi) is 5.52. The van der Waals surface area contributed by atoms with Gasteiger partial charge in [-0.2, -0.15) is 0 Å². The van der Waals surface area contributed by atoms with E-state index >= 15 is 0 Å². The summed E-state index contributed by atoms with van der Waals surface area (Å²) in [6.07, 6.45) is 0.726. The Labute approximate surface area is 153 Å². The van der Waals surface area contributed by atoms with Crippen LogP contribution < -0.4 is 0 Å². The van der Waals surface area contributed by atoms with Crippen LogP contribution in [0.15, 0.2) is 24.3 Å². The second kappa shape index (κ2) is 7.83. The molecule has 0 aliphatic carbocycles. The summed E-state index contributed by atoms with van der Waals surface area (Å²) >= 11 is 0. The van der Waals surface area contributed by atoms with Gasteiger partial charge in [-0.15, -0.1) is 0 Å². The molecule has 1 aliphatic heterocycles. The van der Waals surface area contributed by atoms with Crippen molar-refractivity contribution < 1.29 is 19.1 Å². The van der Waals surface area contributed by atoms with E-state index in [-0.39, 0.29) is 18.6 Å². The van der Waals surface area contributed by atoms with Crippen molar-refractivity contribution in [2.45, 2.75) is 33.3 Å². The highest BCUT2D eigenvalue weighted by Crippen LogP contribution is 2.24. The van der Waals surface area contributed by atoms with Crippen molar-refractivity contribution in [2.24, 2.45) is 0 Å². The molecule has 0 radical (unpaired) electrons. The summed E-state index contributed by atoms with van der Waals surface area (Å²) in [4.78, 5) is 31.4. The third kappa shape index (κ3) is 3.70. The van der Waals surface area contributed by atoms with E-state index < -0.39 is 5.97 Å². The van der Waals surface area contributed by atoms with Gasteiger partial charge in [0.2, 0.25) is 0 Å². The van der Waals surface area contributed by atoms with Crippen LogP contribution in [-0.2, 0) is 20.7 Å². The van der Waals surface area contributed by atoms with Gasteiger partial charge in [-0.3, -0.25) is 9.78 Å². The summed E-state index contributed by atoms with van der Waals surface area (Å²) in [5.41, 5.74) is 2.93. The first-order chi connectivity index (χ1) is 12.5. The Hall–Kier alpha value is -2.47. The maximum Gasteiger partial charge on any atom is 0.339 e. The van der Waals surface area contributed by atoms with Gasteiger partial charge in [0.25, 0.3) is 5.91 Å². The normalized spacial score (nSPS) is 17.3. The predicted molar refractivity (Wildman–Crippen MR) is 98.1 cm³/mol. The second-order valence-corrected chi connectivity index (χ2v) is 6.53. The van der Waals surface area contributed by atoms with Crippen LogP contribution in [0.25, 0.3) is 10.9 Å². The first kappa shape index (κ1) is 18.3. The molecule has 2 heterocycles. The van der Waals surface area contributed by atoms with Crippen molar-refractivity contribution in [2.75, 3.05) is 26.3 Å². The zero-order chi connectivity index (χ0) is 18.7. The molecule has 0 N–H and O–H groups in total. The Morgan fingerprint density at radius 2 is 2.12 bits per heavy atom. The number of para-hydroxylation sites is 1. The fourth-order valence-corrected chi connectivity index (χ4v) is 3.30. The molecule has 0 saturated carbocycles. The number of nitrogens with zero attached hydrogens (tertiary/aromatic N) is 2. The molecular weight excluding hydrogens is 332 g/mol. The van der Waals surface area contributed by atoms with Crippen LogP contribution in [-0.4, -0.2) is 54.2 Å². The van der Waals surface area contributed by atoms with Gasteiger partial charge >= 0.3 is 5.97 Å². The molecule has 1 aliphatic rings. The number of ether oxygens (including phenoxy) is 2. The zero-order valence-corrected chi connectivity index (χ0v) is 15.4. The fraction of sp³-hybridized carbons (Fsp3) is 0.450. The van der Waals surface area contributed by atoms with Gasteiger partial charge in [0.1, 0.15) is 0 Å². The number of fused-ring (bicyclic) bond motifs is 1. The number of hydrogen-bond donors (Lipinski definition) is 0. The summed E-state index contributed by atoms with van der Waals surface area (Å²) in [6.45, 7) is 7.09. The molecule has 1 fully saturated rings. The lowest BCUT2D eigenvalue weighted by Gasteiger charge is -2.31. The number of aryl methyl sites for hydroxylation is 1. The molecule has 1 aromatic heterocycles. The Morgan fingerprint density at radius 1 is 1.35 bits per heavy atom. The Bertz CT molecular complexity index is 834. The highest BCUT2D eigenvalue weighted by molar-refractivity contribution is 6.05. The molecule has 6 heteroatoms. The van der Waals surface area contributed by atoms with Crippen LogP contribution in [0.3, 0.4) is 0 Å². The standard InChI is InChI=1S/C20H24N2O4/c1-4-16-14(3)19(15-7-5-6-8-17(15)21-16)20(24)26-12-18(23)22-9-10-25-13(2)11-22/h5-8,13H,4,9-12H2,1-3H3. The van der Waals surface area contributed by atoms with Crippen molar-refractivity contribution in [1.29, 1.82) is 0 Å². The fourth-order valence-electron chi connectivity index (χ4n) is 3.30. The Balaban J connectivity index is 1.79. The third-order valence-electron chi connectivity index (χ3n) is 4.70. The summed E-state index contributed by atoms with van der Waals surface area (Å²) in [6, 6.07) is 7.50. The average molecular weight is 356 g/mol. The van der Waals surface area contributed by atoms with Crippen LogP contribution in [0, 0.1) is 6.92 Å².